The van der Waals surface area contributed by atoms with E-state index in [0.717, 1.165) is 31.7 Å². The lowest BCUT2D eigenvalue weighted by molar-refractivity contribution is 0.0947. The van der Waals surface area contributed by atoms with E-state index in [1.165, 1.54) is 5.56 Å². The summed E-state index contributed by atoms with van der Waals surface area (Å²) in [6, 6.07) is 14.1. The predicted molar refractivity (Wildman–Crippen MR) is 97.0 cm³/mol. The van der Waals surface area contributed by atoms with E-state index in [-0.39, 0.29) is 11.3 Å². The van der Waals surface area contributed by atoms with Crippen LogP contribution in [0, 0.1) is 0 Å². The Labute approximate surface area is 148 Å². The van der Waals surface area contributed by atoms with Crippen LogP contribution in [0.2, 0.25) is 0 Å². The monoisotopic (exact) mass is 337 g/mol. The molecule has 1 amide bonds. The van der Waals surface area contributed by atoms with E-state index < -0.39 is 0 Å². The Kier molecular flexibility index (Phi) is 4.40. The highest BCUT2D eigenvalue weighted by Gasteiger charge is 2.44. The first-order valence-corrected chi connectivity index (χ1v) is 8.90. The molecule has 4 rings (SSSR count). The molecule has 0 unspecified atom stereocenters. The predicted octanol–water partition coefficient (Wildman–Crippen LogP) is 2.38. The number of rotatable bonds is 5. The topological polar surface area (TPSA) is 54.5 Å². The van der Waals surface area contributed by atoms with Crippen LogP contribution < -0.4 is 10.2 Å². The molecule has 1 saturated heterocycles. The summed E-state index contributed by atoms with van der Waals surface area (Å²) in [5, 5.41) is 3.14. The highest BCUT2D eigenvalue weighted by Crippen LogP contribution is 2.47. The number of aromatic nitrogens is 1. The van der Waals surface area contributed by atoms with Crippen molar-refractivity contribution in [1.29, 1.82) is 0 Å². The van der Waals surface area contributed by atoms with Crippen LogP contribution in [0.15, 0.2) is 48.7 Å². The van der Waals surface area contributed by atoms with Crippen LogP contribution in [0.3, 0.4) is 0 Å². The number of hydrogen-bond acceptors (Lipinski definition) is 4. The van der Waals surface area contributed by atoms with Crippen LogP contribution in [0.25, 0.3) is 0 Å². The van der Waals surface area contributed by atoms with E-state index in [0.29, 0.717) is 25.3 Å². The molecular weight excluding hydrogens is 314 g/mol. The molecule has 1 saturated carbocycles. The number of benzene rings is 1. The number of pyridine rings is 1. The van der Waals surface area contributed by atoms with Gasteiger partial charge >= 0.3 is 0 Å². The average molecular weight is 337 g/mol. The molecule has 130 valence electrons. The smallest absolute Gasteiger partial charge is 0.255 e. The molecule has 2 heterocycles. The van der Waals surface area contributed by atoms with Crippen molar-refractivity contribution in [2.45, 2.75) is 18.3 Å². The SMILES string of the molecule is O=C(NCC1(c2ccccc2)CC1)c1cccnc1N1CCOCC1. The summed E-state index contributed by atoms with van der Waals surface area (Å²) in [6.45, 7) is 3.56. The van der Waals surface area contributed by atoms with Crippen LogP contribution in [0.1, 0.15) is 28.8 Å². The van der Waals surface area contributed by atoms with Gasteiger partial charge in [0.05, 0.1) is 18.8 Å². The third-order valence-electron chi connectivity index (χ3n) is 5.17. The van der Waals surface area contributed by atoms with Gasteiger partial charge in [0.2, 0.25) is 0 Å². The molecule has 2 aromatic rings. The Hall–Kier alpha value is -2.40. The van der Waals surface area contributed by atoms with Gasteiger partial charge in [-0.25, -0.2) is 4.98 Å². The molecular formula is C20H23N3O2. The minimum absolute atomic E-state index is 0.0446. The molecule has 0 bridgehead atoms. The van der Waals surface area contributed by atoms with Crippen molar-refractivity contribution in [2.75, 3.05) is 37.7 Å². The maximum absolute atomic E-state index is 12.8. The highest BCUT2D eigenvalue weighted by molar-refractivity contribution is 5.99. The van der Waals surface area contributed by atoms with Gasteiger partial charge in [-0.15, -0.1) is 0 Å². The van der Waals surface area contributed by atoms with Crippen molar-refractivity contribution >= 4 is 11.7 Å². The van der Waals surface area contributed by atoms with Gasteiger partial charge in [-0.3, -0.25) is 4.79 Å². The van der Waals surface area contributed by atoms with Gasteiger partial charge in [-0.2, -0.15) is 0 Å². The van der Waals surface area contributed by atoms with Crippen molar-refractivity contribution < 1.29 is 9.53 Å². The number of nitrogens with zero attached hydrogens (tertiary/aromatic N) is 2. The molecule has 5 heteroatoms. The van der Waals surface area contributed by atoms with E-state index >= 15 is 0 Å². The van der Waals surface area contributed by atoms with Crippen LogP contribution in [-0.4, -0.2) is 43.7 Å². The lowest BCUT2D eigenvalue weighted by atomic mass is 9.96. The van der Waals surface area contributed by atoms with Gasteiger partial charge < -0.3 is 15.0 Å². The Balaban J connectivity index is 1.47. The van der Waals surface area contributed by atoms with Crippen molar-refractivity contribution in [1.82, 2.24) is 10.3 Å². The largest absolute Gasteiger partial charge is 0.378 e. The third-order valence-corrected chi connectivity index (χ3v) is 5.17. The van der Waals surface area contributed by atoms with Gasteiger partial charge in [0.1, 0.15) is 5.82 Å². The average Bonchev–Trinajstić information content (AvgIpc) is 3.49. The van der Waals surface area contributed by atoms with Crippen molar-refractivity contribution in [2.24, 2.45) is 0 Å². The molecule has 25 heavy (non-hydrogen) atoms. The van der Waals surface area contributed by atoms with E-state index in [1.54, 1.807) is 6.20 Å². The highest BCUT2D eigenvalue weighted by atomic mass is 16.5. The Morgan fingerprint density at radius 2 is 1.88 bits per heavy atom. The van der Waals surface area contributed by atoms with Gasteiger partial charge in [0.15, 0.2) is 0 Å². The first-order valence-electron chi connectivity index (χ1n) is 8.90. The summed E-state index contributed by atoms with van der Waals surface area (Å²) in [7, 11) is 0. The fraction of sp³-hybridized carbons (Fsp3) is 0.400. The van der Waals surface area contributed by atoms with Crippen molar-refractivity contribution in [3.05, 3.63) is 59.8 Å². The van der Waals surface area contributed by atoms with Crippen LogP contribution >= 0.6 is 0 Å². The molecule has 0 spiro atoms. The second-order valence-corrected chi connectivity index (χ2v) is 6.80. The second-order valence-electron chi connectivity index (χ2n) is 6.80. The van der Waals surface area contributed by atoms with Gasteiger partial charge in [-0.1, -0.05) is 30.3 Å². The Bertz CT molecular complexity index is 738. The fourth-order valence-corrected chi connectivity index (χ4v) is 3.46. The van der Waals surface area contributed by atoms with Crippen molar-refractivity contribution in [3.63, 3.8) is 0 Å². The third kappa shape index (κ3) is 3.37. The lowest BCUT2D eigenvalue weighted by Gasteiger charge is -2.29. The Morgan fingerprint density at radius 1 is 1.12 bits per heavy atom. The maximum Gasteiger partial charge on any atom is 0.255 e. The zero-order valence-electron chi connectivity index (χ0n) is 14.3. The summed E-state index contributed by atoms with van der Waals surface area (Å²) in [4.78, 5) is 19.4. The lowest BCUT2D eigenvalue weighted by Crippen LogP contribution is -2.39. The molecule has 0 radical (unpaired) electrons. The number of amides is 1. The minimum atomic E-state index is -0.0446. The zero-order chi connectivity index (χ0) is 17.1. The van der Waals surface area contributed by atoms with Crippen molar-refractivity contribution in [3.8, 4) is 0 Å². The van der Waals surface area contributed by atoms with E-state index in [2.05, 4.69) is 39.5 Å². The molecule has 1 N–H and O–H groups in total. The molecule has 2 fully saturated rings. The first kappa shape index (κ1) is 16.1. The number of carbonyl (C=O) groups excluding carboxylic acids is 1. The number of morpholine rings is 1. The van der Waals surface area contributed by atoms with Gasteiger partial charge in [0, 0.05) is 31.2 Å². The fourth-order valence-electron chi connectivity index (χ4n) is 3.46. The molecule has 0 atom stereocenters. The standard InChI is InChI=1S/C20H23N3O2/c24-19(22-15-20(8-9-20)16-5-2-1-3-6-16)17-7-4-10-21-18(17)23-11-13-25-14-12-23/h1-7,10H,8-9,11-15H2,(H,22,24). The molecule has 1 aromatic heterocycles. The summed E-state index contributed by atoms with van der Waals surface area (Å²) >= 11 is 0. The summed E-state index contributed by atoms with van der Waals surface area (Å²) in [6.07, 6.45) is 4.00. The number of hydrogen-bond donors (Lipinski definition) is 1. The number of carbonyl (C=O) groups is 1. The molecule has 5 nitrogen and oxygen atoms in total. The van der Waals surface area contributed by atoms with E-state index in [9.17, 15) is 4.79 Å². The van der Waals surface area contributed by atoms with Gasteiger partial charge in [-0.05, 0) is 30.5 Å². The first-order chi connectivity index (χ1) is 12.3. The minimum Gasteiger partial charge on any atom is -0.378 e. The van der Waals surface area contributed by atoms with Gasteiger partial charge in [0.25, 0.3) is 5.91 Å². The second kappa shape index (κ2) is 6.84. The number of ether oxygens (including phenoxy) is 1. The molecule has 1 aromatic carbocycles. The Morgan fingerprint density at radius 3 is 2.60 bits per heavy atom. The van der Waals surface area contributed by atoms with Crippen LogP contribution in [0.5, 0.6) is 0 Å². The maximum atomic E-state index is 12.8. The normalized spacial score (nSPS) is 18.6. The number of nitrogens with one attached hydrogen (secondary N) is 1. The van der Waals surface area contributed by atoms with Crippen LogP contribution in [-0.2, 0) is 10.2 Å². The van der Waals surface area contributed by atoms with Crippen LogP contribution in [0.4, 0.5) is 5.82 Å². The van der Waals surface area contributed by atoms with E-state index in [4.69, 9.17) is 4.74 Å². The summed E-state index contributed by atoms with van der Waals surface area (Å²) < 4.78 is 5.40. The summed E-state index contributed by atoms with van der Waals surface area (Å²) in [5.41, 5.74) is 2.07. The number of anilines is 1. The van der Waals surface area contributed by atoms with E-state index in [1.807, 2.05) is 18.2 Å². The summed E-state index contributed by atoms with van der Waals surface area (Å²) in [5.74, 6) is 0.713. The zero-order valence-corrected chi connectivity index (χ0v) is 14.3. The molecule has 1 aliphatic carbocycles. The molecule has 2 aliphatic rings. The molecule has 1 aliphatic heterocycles. The quantitative estimate of drug-likeness (QED) is 0.910.